The summed E-state index contributed by atoms with van der Waals surface area (Å²) in [5, 5.41) is 4.30. The van der Waals surface area contributed by atoms with Crippen molar-refractivity contribution in [2.45, 2.75) is 0 Å². The maximum absolute atomic E-state index is 5.56. The predicted octanol–water partition coefficient (Wildman–Crippen LogP) is 1.35. The number of halogens is 1. The lowest BCUT2D eigenvalue weighted by Crippen LogP contribution is -1.89. The molecule has 0 saturated heterocycles. The Labute approximate surface area is 62.8 Å². The van der Waals surface area contributed by atoms with E-state index in [9.17, 15) is 0 Å². The van der Waals surface area contributed by atoms with Gasteiger partial charge in [0.05, 0.1) is 6.20 Å². The number of fused-ring (bicyclic) bond motifs is 1. The molecule has 1 aliphatic rings. The largest absolute Gasteiger partial charge is 0.250 e. The van der Waals surface area contributed by atoms with Crippen LogP contribution in [0.15, 0.2) is 12.4 Å². The molecule has 10 heavy (non-hydrogen) atoms. The van der Waals surface area contributed by atoms with E-state index in [1.807, 2.05) is 0 Å². The summed E-state index contributed by atoms with van der Waals surface area (Å²) in [6.07, 6.45) is 4.95. The van der Waals surface area contributed by atoms with Gasteiger partial charge in [-0.1, -0.05) is 11.6 Å². The van der Waals surface area contributed by atoms with Crippen LogP contribution < -0.4 is 5.32 Å². The Kier molecular flexibility index (Phi) is 1.11. The first kappa shape index (κ1) is 5.68. The van der Waals surface area contributed by atoms with Crippen LogP contribution in [0.4, 0.5) is 5.82 Å². The van der Waals surface area contributed by atoms with Gasteiger partial charge in [-0.3, -0.25) is 0 Å². The van der Waals surface area contributed by atoms with E-state index in [2.05, 4.69) is 15.3 Å². The minimum Gasteiger partial charge on any atom is -0.250 e. The second-order valence-corrected chi connectivity index (χ2v) is 2.23. The summed E-state index contributed by atoms with van der Waals surface area (Å²) in [5.74, 6) is 0.604. The van der Waals surface area contributed by atoms with Gasteiger partial charge in [-0.05, 0) is 6.08 Å². The van der Waals surface area contributed by atoms with Gasteiger partial charge in [0.1, 0.15) is 10.8 Å². The lowest BCUT2D eigenvalue weighted by Gasteiger charge is -1.93. The molecular formula is C6H3ClN3. The zero-order valence-corrected chi connectivity index (χ0v) is 5.71. The van der Waals surface area contributed by atoms with E-state index in [1.54, 1.807) is 12.3 Å². The summed E-state index contributed by atoms with van der Waals surface area (Å²) < 4.78 is 0. The van der Waals surface area contributed by atoms with E-state index in [0.717, 1.165) is 5.69 Å². The van der Waals surface area contributed by atoms with Crippen molar-refractivity contribution in [2.24, 2.45) is 0 Å². The average Bonchev–Trinajstić information content (AvgIpc) is 2.33. The smallest absolute Gasteiger partial charge is 0.179 e. The highest BCUT2D eigenvalue weighted by atomic mass is 35.5. The van der Waals surface area contributed by atoms with Crippen LogP contribution in [-0.4, -0.2) is 9.97 Å². The first-order valence-corrected chi connectivity index (χ1v) is 3.14. The van der Waals surface area contributed by atoms with Gasteiger partial charge in [-0.2, -0.15) is 0 Å². The molecule has 1 aliphatic heterocycles. The fourth-order valence-electron chi connectivity index (χ4n) is 0.759. The number of aromatic nitrogens is 2. The van der Waals surface area contributed by atoms with Crippen LogP contribution in [0.25, 0.3) is 6.08 Å². The standard InChI is InChI=1S/C6H3ClN3/c7-5-3-9-4-1-2-8-6(4)10-5/h1-3H. The maximum atomic E-state index is 5.56. The van der Waals surface area contributed by atoms with E-state index in [0.29, 0.717) is 11.0 Å². The van der Waals surface area contributed by atoms with Crippen molar-refractivity contribution in [3.63, 3.8) is 0 Å². The second-order valence-electron chi connectivity index (χ2n) is 1.85. The van der Waals surface area contributed by atoms with Crippen molar-refractivity contribution in [3.8, 4) is 0 Å². The Hall–Kier alpha value is -1.09. The van der Waals surface area contributed by atoms with Crippen LogP contribution >= 0.6 is 11.6 Å². The minimum atomic E-state index is 0.381. The topological polar surface area (TPSA) is 39.9 Å². The normalized spacial score (nSPS) is 12.9. The zero-order valence-electron chi connectivity index (χ0n) is 4.95. The summed E-state index contributed by atoms with van der Waals surface area (Å²) in [7, 11) is 0. The number of nitrogens with zero attached hydrogens (tertiary/aromatic N) is 3. The van der Waals surface area contributed by atoms with E-state index in [-0.39, 0.29) is 0 Å². The highest BCUT2D eigenvalue weighted by molar-refractivity contribution is 6.29. The van der Waals surface area contributed by atoms with Gasteiger partial charge in [0, 0.05) is 6.20 Å². The van der Waals surface area contributed by atoms with Crippen LogP contribution in [0, 0.1) is 0 Å². The first-order valence-electron chi connectivity index (χ1n) is 2.76. The van der Waals surface area contributed by atoms with E-state index in [4.69, 9.17) is 11.6 Å². The Bertz CT molecular complexity index is 295. The first-order chi connectivity index (χ1) is 4.86. The van der Waals surface area contributed by atoms with Crippen molar-refractivity contribution in [1.82, 2.24) is 15.3 Å². The molecule has 0 bridgehead atoms. The molecule has 2 heterocycles. The predicted molar refractivity (Wildman–Crippen MR) is 37.9 cm³/mol. The number of rotatable bonds is 0. The van der Waals surface area contributed by atoms with Gasteiger partial charge in [0.25, 0.3) is 0 Å². The Morgan fingerprint density at radius 1 is 1.40 bits per heavy atom. The maximum Gasteiger partial charge on any atom is 0.179 e. The van der Waals surface area contributed by atoms with Crippen LogP contribution in [0.1, 0.15) is 5.69 Å². The van der Waals surface area contributed by atoms with Gasteiger partial charge in [0.15, 0.2) is 5.82 Å². The quantitative estimate of drug-likeness (QED) is 0.563. The van der Waals surface area contributed by atoms with Gasteiger partial charge >= 0.3 is 0 Å². The fourth-order valence-corrected chi connectivity index (χ4v) is 0.888. The fraction of sp³-hybridized carbons (Fsp3) is 0. The van der Waals surface area contributed by atoms with E-state index >= 15 is 0 Å². The Balaban J connectivity index is 2.59. The highest BCUT2D eigenvalue weighted by Gasteiger charge is 2.08. The molecular weight excluding hydrogens is 150 g/mol. The van der Waals surface area contributed by atoms with Gasteiger partial charge < -0.3 is 0 Å². The van der Waals surface area contributed by atoms with Crippen molar-refractivity contribution < 1.29 is 0 Å². The summed E-state index contributed by atoms with van der Waals surface area (Å²) in [4.78, 5) is 7.91. The Morgan fingerprint density at radius 2 is 2.30 bits per heavy atom. The molecule has 0 atom stereocenters. The molecule has 0 aliphatic carbocycles. The number of hydrogen-bond acceptors (Lipinski definition) is 2. The third kappa shape index (κ3) is 0.752. The third-order valence-electron chi connectivity index (χ3n) is 1.18. The molecule has 2 rings (SSSR count). The van der Waals surface area contributed by atoms with Gasteiger partial charge in [-0.25, -0.2) is 15.3 Å². The molecule has 0 saturated carbocycles. The number of hydrogen-bond donors (Lipinski definition) is 0. The Morgan fingerprint density at radius 3 is 3.20 bits per heavy atom. The zero-order chi connectivity index (χ0) is 6.97. The second kappa shape index (κ2) is 1.95. The minimum absolute atomic E-state index is 0.381. The molecule has 1 aromatic heterocycles. The summed E-state index contributed by atoms with van der Waals surface area (Å²) in [6.45, 7) is 0. The third-order valence-corrected chi connectivity index (χ3v) is 1.36. The molecule has 1 aromatic rings. The molecule has 0 aromatic carbocycles. The van der Waals surface area contributed by atoms with Crippen molar-refractivity contribution in [2.75, 3.05) is 0 Å². The van der Waals surface area contributed by atoms with Crippen LogP contribution in [0.5, 0.6) is 0 Å². The average molecular weight is 153 g/mol. The molecule has 3 nitrogen and oxygen atoms in total. The molecule has 4 heteroatoms. The summed E-state index contributed by atoms with van der Waals surface area (Å²) in [5.41, 5.74) is 0.782. The lowest BCUT2D eigenvalue weighted by atomic mass is 10.4. The lowest BCUT2D eigenvalue weighted by molar-refractivity contribution is 1.08. The molecule has 0 unspecified atom stereocenters. The van der Waals surface area contributed by atoms with Crippen LogP contribution in [0.2, 0.25) is 5.15 Å². The molecule has 0 N–H and O–H groups in total. The SMILES string of the molecule is Clc1cnc2c(n1)[N]C=C2. The van der Waals surface area contributed by atoms with Crippen molar-refractivity contribution in [1.29, 1.82) is 0 Å². The molecule has 1 radical (unpaired) electrons. The molecule has 0 amide bonds. The summed E-state index contributed by atoms with van der Waals surface area (Å²) >= 11 is 5.56. The van der Waals surface area contributed by atoms with E-state index < -0.39 is 0 Å². The van der Waals surface area contributed by atoms with Crippen molar-refractivity contribution >= 4 is 23.5 Å². The molecule has 49 valence electrons. The van der Waals surface area contributed by atoms with Crippen LogP contribution in [0.3, 0.4) is 0 Å². The highest BCUT2D eigenvalue weighted by Crippen LogP contribution is 2.19. The van der Waals surface area contributed by atoms with E-state index in [1.165, 1.54) is 6.20 Å². The van der Waals surface area contributed by atoms with Crippen LogP contribution in [-0.2, 0) is 0 Å². The molecule has 0 spiro atoms. The van der Waals surface area contributed by atoms with Gasteiger partial charge in [-0.15, -0.1) is 0 Å². The van der Waals surface area contributed by atoms with Gasteiger partial charge in [0.2, 0.25) is 0 Å². The molecule has 0 fully saturated rings. The van der Waals surface area contributed by atoms with Crippen molar-refractivity contribution in [3.05, 3.63) is 23.2 Å². The monoisotopic (exact) mass is 152 g/mol. The summed E-state index contributed by atoms with van der Waals surface area (Å²) in [6, 6.07) is 0.